The maximum absolute atomic E-state index is 12.8. The van der Waals surface area contributed by atoms with Crippen LogP contribution in [-0.2, 0) is 17.4 Å². The number of amides is 1. The first-order valence-corrected chi connectivity index (χ1v) is 8.04. The quantitative estimate of drug-likeness (QED) is 0.648. The third-order valence-corrected chi connectivity index (χ3v) is 4.37. The molecule has 7 heteroatoms. The van der Waals surface area contributed by atoms with Gasteiger partial charge in [0.25, 0.3) is 0 Å². The SMILES string of the molecule is C=CC(=O)N[C@@H]1Cc2c(N)cccc2N(c2ccc(C(F)(F)F)cc2)C1. The molecule has 1 amide bonds. The van der Waals surface area contributed by atoms with E-state index in [-0.39, 0.29) is 11.9 Å². The molecule has 0 saturated carbocycles. The molecule has 1 aliphatic heterocycles. The Kier molecular flexibility index (Phi) is 4.63. The van der Waals surface area contributed by atoms with Gasteiger partial charge in [0.15, 0.2) is 0 Å². The summed E-state index contributed by atoms with van der Waals surface area (Å²) < 4.78 is 38.4. The fourth-order valence-corrected chi connectivity index (χ4v) is 3.13. The third-order valence-electron chi connectivity index (χ3n) is 4.37. The molecule has 2 aromatic carbocycles. The average Bonchev–Trinajstić information content (AvgIpc) is 2.61. The van der Waals surface area contributed by atoms with E-state index in [1.54, 1.807) is 12.1 Å². The van der Waals surface area contributed by atoms with Crippen molar-refractivity contribution in [1.29, 1.82) is 0 Å². The zero-order valence-electron chi connectivity index (χ0n) is 13.9. The normalized spacial score (nSPS) is 16.7. The lowest BCUT2D eigenvalue weighted by molar-refractivity contribution is -0.137. The van der Waals surface area contributed by atoms with Crippen molar-refractivity contribution in [1.82, 2.24) is 5.32 Å². The summed E-state index contributed by atoms with van der Waals surface area (Å²) in [5.41, 5.74) is 8.24. The number of nitrogens with zero attached hydrogens (tertiary/aromatic N) is 1. The summed E-state index contributed by atoms with van der Waals surface area (Å²) in [7, 11) is 0. The number of nitrogens with one attached hydrogen (secondary N) is 1. The van der Waals surface area contributed by atoms with Crippen molar-refractivity contribution in [3.63, 3.8) is 0 Å². The number of anilines is 3. The van der Waals surface area contributed by atoms with Crippen molar-refractivity contribution in [2.75, 3.05) is 17.2 Å². The molecule has 136 valence electrons. The molecule has 26 heavy (non-hydrogen) atoms. The van der Waals surface area contributed by atoms with Crippen molar-refractivity contribution < 1.29 is 18.0 Å². The molecule has 3 rings (SSSR count). The number of halogens is 3. The maximum atomic E-state index is 12.8. The molecule has 0 bridgehead atoms. The summed E-state index contributed by atoms with van der Waals surface area (Å²) in [5, 5.41) is 2.84. The fraction of sp³-hybridized carbons (Fsp3) is 0.211. The lowest BCUT2D eigenvalue weighted by Crippen LogP contribution is -2.46. The number of hydrogen-bond donors (Lipinski definition) is 2. The van der Waals surface area contributed by atoms with Gasteiger partial charge in [0.1, 0.15) is 0 Å². The Morgan fingerprint density at radius 3 is 2.54 bits per heavy atom. The van der Waals surface area contributed by atoms with E-state index in [1.807, 2.05) is 11.0 Å². The van der Waals surface area contributed by atoms with Gasteiger partial charge in [-0.05, 0) is 48.9 Å². The van der Waals surface area contributed by atoms with Crippen LogP contribution in [0.25, 0.3) is 0 Å². The minimum Gasteiger partial charge on any atom is -0.398 e. The smallest absolute Gasteiger partial charge is 0.398 e. The molecule has 0 unspecified atom stereocenters. The second-order valence-electron chi connectivity index (χ2n) is 6.11. The zero-order chi connectivity index (χ0) is 18.9. The Morgan fingerprint density at radius 2 is 1.92 bits per heavy atom. The highest BCUT2D eigenvalue weighted by atomic mass is 19.4. The molecule has 0 saturated heterocycles. The number of rotatable bonds is 3. The van der Waals surface area contributed by atoms with E-state index in [9.17, 15) is 18.0 Å². The van der Waals surface area contributed by atoms with Gasteiger partial charge in [-0.15, -0.1) is 0 Å². The summed E-state index contributed by atoms with van der Waals surface area (Å²) in [6.45, 7) is 3.86. The average molecular weight is 361 g/mol. The molecule has 1 aliphatic rings. The van der Waals surface area contributed by atoms with Gasteiger partial charge in [0.05, 0.1) is 11.6 Å². The standard InChI is InChI=1S/C19H18F3N3O/c1-2-18(26)24-13-10-15-16(23)4-3-5-17(15)25(11-13)14-8-6-12(7-9-14)19(20,21)22/h2-9,13H,1,10-11,23H2,(H,24,26)/t13-/m1/s1. The van der Waals surface area contributed by atoms with Gasteiger partial charge in [0, 0.05) is 29.2 Å². The van der Waals surface area contributed by atoms with E-state index in [1.165, 1.54) is 18.2 Å². The zero-order valence-corrected chi connectivity index (χ0v) is 13.9. The van der Waals surface area contributed by atoms with Gasteiger partial charge in [-0.2, -0.15) is 13.2 Å². The molecule has 0 spiro atoms. The van der Waals surface area contributed by atoms with E-state index in [4.69, 9.17) is 5.73 Å². The largest absolute Gasteiger partial charge is 0.416 e. The molecule has 2 aromatic rings. The monoisotopic (exact) mass is 361 g/mol. The molecule has 0 aliphatic carbocycles. The number of carbonyl (C=O) groups is 1. The highest BCUT2D eigenvalue weighted by molar-refractivity contribution is 5.87. The number of nitrogen functional groups attached to an aromatic ring is 1. The molecular formula is C19H18F3N3O. The van der Waals surface area contributed by atoms with Gasteiger partial charge < -0.3 is 16.0 Å². The summed E-state index contributed by atoms with van der Waals surface area (Å²) in [6, 6.07) is 10.1. The first kappa shape index (κ1) is 17.8. The van der Waals surface area contributed by atoms with E-state index in [0.717, 1.165) is 23.4 Å². The van der Waals surface area contributed by atoms with Gasteiger partial charge >= 0.3 is 6.18 Å². The third kappa shape index (κ3) is 3.51. The second-order valence-corrected chi connectivity index (χ2v) is 6.11. The maximum Gasteiger partial charge on any atom is 0.416 e. The highest BCUT2D eigenvalue weighted by Gasteiger charge is 2.31. The van der Waals surface area contributed by atoms with E-state index < -0.39 is 11.7 Å². The lowest BCUT2D eigenvalue weighted by Gasteiger charge is -2.37. The summed E-state index contributed by atoms with van der Waals surface area (Å²) >= 11 is 0. The van der Waals surface area contributed by atoms with E-state index in [0.29, 0.717) is 24.3 Å². The number of nitrogens with two attached hydrogens (primary N) is 1. The van der Waals surface area contributed by atoms with Crippen molar-refractivity contribution in [3.05, 3.63) is 66.2 Å². The predicted molar refractivity (Wildman–Crippen MR) is 95.1 cm³/mol. The number of benzene rings is 2. The van der Waals surface area contributed by atoms with Crippen LogP contribution in [0.15, 0.2) is 55.1 Å². The van der Waals surface area contributed by atoms with E-state index in [2.05, 4.69) is 11.9 Å². The number of fused-ring (bicyclic) bond motifs is 1. The Balaban J connectivity index is 1.98. The number of alkyl halides is 3. The van der Waals surface area contributed by atoms with Crippen molar-refractivity contribution in [2.45, 2.75) is 18.6 Å². The fourth-order valence-electron chi connectivity index (χ4n) is 3.13. The van der Waals surface area contributed by atoms with Gasteiger partial charge in [0.2, 0.25) is 5.91 Å². The van der Waals surface area contributed by atoms with Gasteiger partial charge in [-0.1, -0.05) is 12.6 Å². The van der Waals surface area contributed by atoms with Crippen LogP contribution in [0.3, 0.4) is 0 Å². The summed E-state index contributed by atoms with van der Waals surface area (Å²) in [5.74, 6) is -0.305. The Labute approximate surface area is 149 Å². The summed E-state index contributed by atoms with van der Waals surface area (Å²) in [6.07, 6.45) is -2.66. The van der Waals surface area contributed by atoms with Crippen LogP contribution in [0.4, 0.5) is 30.2 Å². The molecule has 1 heterocycles. The van der Waals surface area contributed by atoms with Crippen molar-refractivity contribution in [3.8, 4) is 0 Å². The molecule has 0 fully saturated rings. The van der Waals surface area contributed by atoms with Crippen LogP contribution >= 0.6 is 0 Å². The minimum absolute atomic E-state index is 0.236. The lowest BCUT2D eigenvalue weighted by atomic mass is 9.95. The number of carbonyl (C=O) groups excluding carboxylic acids is 1. The molecule has 4 nitrogen and oxygen atoms in total. The minimum atomic E-state index is -4.39. The van der Waals surface area contributed by atoms with Gasteiger partial charge in [-0.3, -0.25) is 4.79 Å². The first-order valence-electron chi connectivity index (χ1n) is 8.04. The van der Waals surface area contributed by atoms with Crippen molar-refractivity contribution >= 4 is 23.0 Å². The molecule has 0 radical (unpaired) electrons. The van der Waals surface area contributed by atoms with Gasteiger partial charge in [-0.25, -0.2) is 0 Å². The summed E-state index contributed by atoms with van der Waals surface area (Å²) in [4.78, 5) is 13.5. The molecule has 3 N–H and O–H groups in total. The predicted octanol–water partition coefficient (Wildman–Crippen LogP) is 3.65. The first-order chi connectivity index (χ1) is 12.3. The molecular weight excluding hydrogens is 343 g/mol. The topological polar surface area (TPSA) is 58.4 Å². The second kappa shape index (κ2) is 6.74. The van der Waals surface area contributed by atoms with Crippen LogP contribution in [0.5, 0.6) is 0 Å². The molecule has 1 atom stereocenters. The van der Waals surface area contributed by atoms with Crippen LogP contribution in [0.1, 0.15) is 11.1 Å². The Hall–Kier alpha value is -2.96. The van der Waals surface area contributed by atoms with Crippen LogP contribution < -0.4 is 16.0 Å². The Morgan fingerprint density at radius 1 is 1.23 bits per heavy atom. The van der Waals surface area contributed by atoms with Crippen LogP contribution in [-0.4, -0.2) is 18.5 Å². The highest BCUT2D eigenvalue weighted by Crippen LogP contribution is 2.37. The van der Waals surface area contributed by atoms with E-state index >= 15 is 0 Å². The molecule has 0 aromatic heterocycles. The van der Waals surface area contributed by atoms with Crippen LogP contribution in [0, 0.1) is 0 Å². The number of hydrogen-bond acceptors (Lipinski definition) is 3. The Bertz CT molecular complexity index is 831. The van der Waals surface area contributed by atoms with Crippen molar-refractivity contribution in [2.24, 2.45) is 0 Å². The van der Waals surface area contributed by atoms with Crippen LogP contribution in [0.2, 0.25) is 0 Å².